The van der Waals surface area contributed by atoms with Gasteiger partial charge in [-0.05, 0) is 24.7 Å². The second-order valence-corrected chi connectivity index (χ2v) is 7.83. The van der Waals surface area contributed by atoms with Gasteiger partial charge < -0.3 is 0 Å². The largest absolute Gasteiger partial charge is 0.299 e. The molecule has 1 aliphatic carbocycles. The highest BCUT2D eigenvalue weighted by Gasteiger charge is 2.45. The van der Waals surface area contributed by atoms with Gasteiger partial charge in [0.1, 0.15) is 5.78 Å². The third kappa shape index (κ3) is 4.39. The molecule has 1 aliphatic rings. The topological polar surface area (TPSA) is 71.4 Å². The lowest BCUT2D eigenvalue weighted by molar-refractivity contribution is -0.131. The summed E-state index contributed by atoms with van der Waals surface area (Å²) in [5.41, 5.74) is -0.998. The second-order valence-electron chi connectivity index (χ2n) is 6.37. The second kappa shape index (κ2) is 4.69. The molecule has 0 heterocycles. The van der Waals surface area contributed by atoms with Crippen molar-refractivity contribution < 1.29 is 17.8 Å². The van der Waals surface area contributed by atoms with Crippen molar-refractivity contribution in [3.63, 3.8) is 0 Å². The Kier molecular flexibility index (Phi) is 4.04. The molecular formula is C12H22O4S. The Balaban J connectivity index is 3.03. The molecular weight excluding hydrogens is 240 g/mol. The van der Waals surface area contributed by atoms with Crippen molar-refractivity contribution in [3.8, 4) is 0 Å². The van der Waals surface area contributed by atoms with E-state index in [0.29, 0.717) is 19.3 Å². The van der Waals surface area contributed by atoms with Gasteiger partial charge >= 0.3 is 0 Å². The van der Waals surface area contributed by atoms with Crippen LogP contribution in [0.3, 0.4) is 0 Å². The van der Waals surface area contributed by atoms with E-state index in [1.54, 1.807) is 0 Å². The van der Waals surface area contributed by atoms with E-state index >= 15 is 0 Å². The maximum Gasteiger partial charge on any atom is 0.265 e. The minimum Gasteiger partial charge on any atom is -0.299 e. The molecule has 0 saturated heterocycles. The lowest BCUT2D eigenvalue weighted by atomic mass is 9.66. The van der Waals surface area contributed by atoms with Gasteiger partial charge in [-0.15, -0.1) is 0 Å². The molecule has 0 radical (unpaired) electrons. The third-order valence-electron chi connectivity index (χ3n) is 3.23. The first kappa shape index (κ1) is 14.6. The van der Waals surface area contributed by atoms with Crippen molar-refractivity contribution in [2.75, 3.05) is 5.75 Å². The summed E-state index contributed by atoms with van der Waals surface area (Å²) in [7, 11) is -4.11. The van der Waals surface area contributed by atoms with Crippen LogP contribution in [0.2, 0.25) is 0 Å². The van der Waals surface area contributed by atoms with Gasteiger partial charge in [0.2, 0.25) is 0 Å². The predicted octanol–water partition coefficient (Wildman–Crippen LogP) is 2.44. The summed E-state index contributed by atoms with van der Waals surface area (Å²) >= 11 is 0. The summed E-state index contributed by atoms with van der Waals surface area (Å²) in [6, 6.07) is 0. The molecule has 5 heteroatoms. The molecule has 0 aromatic rings. The summed E-state index contributed by atoms with van der Waals surface area (Å²) < 4.78 is 31.3. The number of hydrogen-bond donors (Lipinski definition) is 1. The highest BCUT2D eigenvalue weighted by atomic mass is 32.2. The van der Waals surface area contributed by atoms with Gasteiger partial charge in [0.05, 0.1) is 5.75 Å². The zero-order valence-corrected chi connectivity index (χ0v) is 11.6. The van der Waals surface area contributed by atoms with E-state index in [1.807, 2.05) is 20.8 Å². The van der Waals surface area contributed by atoms with E-state index in [0.717, 1.165) is 12.8 Å². The third-order valence-corrected chi connectivity index (χ3v) is 4.15. The number of rotatable bonds is 3. The molecule has 0 aromatic heterocycles. The van der Waals surface area contributed by atoms with Crippen LogP contribution in [0.25, 0.3) is 0 Å². The Morgan fingerprint density at radius 1 is 1.29 bits per heavy atom. The lowest BCUT2D eigenvalue weighted by Crippen LogP contribution is -2.43. The van der Waals surface area contributed by atoms with Crippen molar-refractivity contribution in [2.45, 2.75) is 52.9 Å². The molecule has 1 unspecified atom stereocenters. The summed E-state index contributed by atoms with van der Waals surface area (Å²) in [5.74, 6) is -0.424. The SMILES string of the molecule is CC(C)(C)CC1(CS(=O)(=O)O)CCCCC1=O. The molecule has 0 bridgehead atoms. The Morgan fingerprint density at radius 2 is 1.88 bits per heavy atom. The zero-order chi connectivity index (χ0) is 13.3. The first-order chi connectivity index (χ1) is 7.54. The van der Waals surface area contributed by atoms with Crippen LogP contribution in [-0.4, -0.2) is 24.5 Å². The number of Topliss-reactive ketones (excluding diaryl/α,β-unsaturated/α-hetero) is 1. The smallest absolute Gasteiger partial charge is 0.265 e. The Hall–Kier alpha value is -0.420. The van der Waals surface area contributed by atoms with Crippen molar-refractivity contribution in [1.29, 1.82) is 0 Å². The molecule has 1 fully saturated rings. The van der Waals surface area contributed by atoms with Gasteiger partial charge in [0.15, 0.2) is 0 Å². The molecule has 1 saturated carbocycles. The highest BCUT2D eigenvalue weighted by molar-refractivity contribution is 7.85. The van der Waals surface area contributed by atoms with Gasteiger partial charge in [0, 0.05) is 11.8 Å². The zero-order valence-electron chi connectivity index (χ0n) is 10.8. The van der Waals surface area contributed by atoms with Crippen molar-refractivity contribution in [1.82, 2.24) is 0 Å². The van der Waals surface area contributed by atoms with Gasteiger partial charge in [-0.1, -0.05) is 27.2 Å². The van der Waals surface area contributed by atoms with E-state index in [-0.39, 0.29) is 11.2 Å². The predicted molar refractivity (Wildman–Crippen MR) is 66.4 cm³/mol. The monoisotopic (exact) mass is 262 g/mol. The average Bonchev–Trinajstić information content (AvgIpc) is 2.04. The Bertz CT molecular complexity index is 391. The van der Waals surface area contributed by atoms with E-state index in [4.69, 9.17) is 4.55 Å². The number of carbonyl (C=O) groups is 1. The normalized spacial score (nSPS) is 27.2. The van der Waals surface area contributed by atoms with Crippen LogP contribution >= 0.6 is 0 Å². The first-order valence-corrected chi connectivity index (χ1v) is 7.64. The molecule has 17 heavy (non-hydrogen) atoms. The van der Waals surface area contributed by atoms with E-state index in [9.17, 15) is 13.2 Å². The standard InChI is InChI=1S/C12H22O4S/c1-11(2,3)8-12(9-17(14,15)16)7-5-4-6-10(12)13/h4-9H2,1-3H3,(H,14,15,16). The van der Waals surface area contributed by atoms with Gasteiger partial charge in [-0.25, -0.2) is 0 Å². The highest BCUT2D eigenvalue weighted by Crippen LogP contribution is 2.43. The summed E-state index contributed by atoms with van der Waals surface area (Å²) in [4.78, 5) is 12.1. The molecule has 1 atom stereocenters. The number of hydrogen-bond acceptors (Lipinski definition) is 3. The number of carbonyl (C=O) groups excluding carboxylic acids is 1. The van der Waals surface area contributed by atoms with Crippen LogP contribution in [0.1, 0.15) is 52.9 Å². The lowest BCUT2D eigenvalue weighted by Gasteiger charge is -2.39. The fourth-order valence-electron chi connectivity index (χ4n) is 2.91. The fourth-order valence-corrected chi connectivity index (χ4v) is 4.01. The Morgan fingerprint density at radius 3 is 2.29 bits per heavy atom. The fraction of sp³-hybridized carbons (Fsp3) is 0.917. The van der Waals surface area contributed by atoms with Gasteiger partial charge in [-0.3, -0.25) is 9.35 Å². The van der Waals surface area contributed by atoms with Crippen LogP contribution in [0.5, 0.6) is 0 Å². The van der Waals surface area contributed by atoms with Crippen LogP contribution < -0.4 is 0 Å². The van der Waals surface area contributed by atoms with E-state index in [1.165, 1.54) is 0 Å². The Labute approximate surface area is 104 Å². The summed E-state index contributed by atoms with van der Waals surface area (Å²) in [5, 5.41) is 0. The maximum atomic E-state index is 12.1. The maximum absolute atomic E-state index is 12.1. The van der Waals surface area contributed by atoms with Gasteiger partial charge in [0.25, 0.3) is 10.1 Å². The molecule has 4 nitrogen and oxygen atoms in total. The van der Waals surface area contributed by atoms with Crippen molar-refractivity contribution in [2.24, 2.45) is 10.8 Å². The minimum atomic E-state index is -4.11. The molecule has 1 N–H and O–H groups in total. The number of ketones is 1. The van der Waals surface area contributed by atoms with E-state index < -0.39 is 21.3 Å². The summed E-state index contributed by atoms with van der Waals surface area (Å²) in [6.45, 7) is 5.96. The minimum absolute atomic E-state index is 0.00343. The van der Waals surface area contributed by atoms with Crippen molar-refractivity contribution >= 4 is 15.9 Å². The average molecular weight is 262 g/mol. The van der Waals surface area contributed by atoms with E-state index in [2.05, 4.69) is 0 Å². The first-order valence-electron chi connectivity index (χ1n) is 6.03. The quantitative estimate of drug-likeness (QED) is 0.793. The molecule has 0 aromatic carbocycles. The summed E-state index contributed by atoms with van der Waals surface area (Å²) in [6.07, 6.45) is 3.21. The van der Waals surface area contributed by atoms with Crippen LogP contribution in [0.15, 0.2) is 0 Å². The van der Waals surface area contributed by atoms with Crippen molar-refractivity contribution in [3.05, 3.63) is 0 Å². The van der Waals surface area contributed by atoms with Gasteiger partial charge in [-0.2, -0.15) is 8.42 Å². The molecule has 0 spiro atoms. The van der Waals surface area contributed by atoms with Crippen LogP contribution in [0.4, 0.5) is 0 Å². The van der Waals surface area contributed by atoms with Crippen LogP contribution in [-0.2, 0) is 14.9 Å². The molecule has 100 valence electrons. The molecule has 1 rings (SSSR count). The molecule has 0 amide bonds. The van der Waals surface area contributed by atoms with Crippen LogP contribution in [0, 0.1) is 10.8 Å². The molecule has 0 aliphatic heterocycles.